The van der Waals surface area contributed by atoms with Gasteiger partial charge in [0.05, 0.1) is 0 Å². The number of carbonyl (C=O) groups excluding carboxylic acids is 2. The zero-order chi connectivity index (χ0) is 22.2. The Labute approximate surface area is 194 Å². The lowest BCUT2D eigenvalue weighted by atomic mass is 10.1. The molecule has 3 aromatic rings. The molecular weight excluding hydrogens is 476 g/mol. The first kappa shape index (κ1) is 23.0. The van der Waals surface area contributed by atoms with Crippen molar-refractivity contribution in [2.75, 3.05) is 0 Å². The number of rotatable bonds is 7. The van der Waals surface area contributed by atoms with Gasteiger partial charge in [0.25, 0.3) is 5.91 Å². The van der Waals surface area contributed by atoms with E-state index in [-0.39, 0.29) is 18.2 Å². The summed E-state index contributed by atoms with van der Waals surface area (Å²) in [6, 6.07) is 16.9. The van der Waals surface area contributed by atoms with Crippen LogP contribution in [0, 0.1) is 13.8 Å². The van der Waals surface area contributed by atoms with Crippen molar-refractivity contribution in [2.45, 2.75) is 37.6 Å². The van der Waals surface area contributed by atoms with Crippen LogP contribution in [0.4, 0.5) is 0 Å². The first-order valence-corrected chi connectivity index (χ1v) is 11.5. The Morgan fingerprint density at radius 1 is 0.968 bits per heavy atom. The van der Waals surface area contributed by atoms with Crippen LogP contribution >= 0.6 is 27.7 Å². The molecule has 0 spiro atoms. The monoisotopic (exact) mass is 498 g/mol. The van der Waals surface area contributed by atoms with E-state index >= 15 is 0 Å². The molecule has 2 aromatic carbocycles. The number of aromatic nitrogens is 2. The average Bonchev–Trinajstić information content (AvgIpc) is 2.75. The second kappa shape index (κ2) is 11.1. The normalized spacial score (nSPS) is 10.5. The van der Waals surface area contributed by atoms with Gasteiger partial charge in [-0.05, 0) is 55.7 Å². The van der Waals surface area contributed by atoms with E-state index in [4.69, 9.17) is 0 Å². The largest absolute Gasteiger partial charge is 0.273 e. The maximum absolute atomic E-state index is 12.3. The number of nitrogens with one attached hydrogen (secondary N) is 2. The van der Waals surface area contributed by atoms with Gasteiger partial charge in [0.2, 0.25) is 5.91 Å². The molecule has 31 heavy (non-hydrogen) atoms. The highest BCUT2D eigenvalue weighted by Crippen LogP contribution is 2.20. The summed E-state index contributed by atoms with van der Waals surface area (Å²) in [6.07, 6.45) is 0.860. The Balaban J connectivity index is 1.45. The van der Waals surface area contributed by atoms with E-state index in [9.17, 15) is 9.59 Å². The van der Waals surface area contributed by atoms with Crippen LogP contribution in [0.3, 0.4) is 0 Å². The van der Waals surface area contributed by atoms with E-state index in [0.29, 0.717) is 17.7 Å². The minimum atomic E-state index is -0.355. The minimum absolute atomic E-state index is 0.245. The third-order valence-electron chi connectivity index (χ3n) is 4.44. The fourth-order valence-corrected chi connectivity index (χ4v) is 4.26. The van der Waals surface area contributed by atoms with Crippen LogP contribution in [0.25, 0.3) is 0 Å². The highest BCUT2D eigenvalue weighted by molar-refractivity contribution is 9.10. The molecule has 0 fully saturated rings. The molecule has 8 heteroatoms. The van der Waals surface area contributed by atoms with Crippen molar-refractivity contribution in [3.05, 3.63) is 87.1 Å². The van der Waals surface area contributed by atoms with E-state index in [1.165, 1.54) is 0 Å². The Bertz CT molecular complexity index is 1050. The van der Waals surface area contributed by atoms with Gasteiger partial charge >= 0.3 is 0 Å². The van der Waals surface area contributed by atoms with E-state index in [0.717, 1.165) is 32.1 Å². The second-order valence-corrected chi connectivity index (χ2v) is 8.81. The number of aryl methyl sites for hydroxylation is 3. The molecule has 0 aliphatic heterocycles. The molecule has 1 aromatic heterocycles. The average molecular weight is 499 g/mol. The van der Waals surface area contributed by atoms with Crippen LogP contribution in [-0.4, -0.2) is 21.8 Å². The van der Waals surface area contributed by atoms with Crippen molar-refractivity contribution in [3.8, 4) is 0 Å². The van der Waals surface area contributed by atoms with Gasteiger partial charge in [-0.1, -0.05) is 58.0 Å². The fourth-order valence-electron chi connectivity index (χ4n) is 2.87. The Hall–Kier alpha value is -2.71. The molecular formula is C23H23BrN4O2S. The van der Waals surface area contributed by atoms with Crippen molar-refractivity contribution >= 4 is 39.5 Å². The standard InChI is InChI=1S/C23H23BrN4O2S/c1-15-13-16(2)26-23(25-15)31-14-17-7-9-19(10-8-17)22(30)28-27-21(29)12-11-18-5-3-4-6-20(18)24/h3-10,13H,11-12,14H2,1-2H3,(H,27,29)(H,28,30). The molecule has 2 N–H and O–H groups in total. The van der Waals surface area contributed by atoms with Crippen molar-refractivity contribution in [1.82, 2.24) is 20.8 Å². The third kappa shape index (κ3) is 7.18. The van der Waals surface area contributed by atoms with Crippen molar-refractivity contribution in [2.24, 2.45) is 0 Å². The third-order valence-corrected chi connectivity index (χ3v) is 6.13. The summed E-state index contributed by atoms with van der Waals surface area (Å²) in [7, 11) is 0. The number of hydrazine groups is 1. The minimum Gasteiger partial charge on any atom is -0.273 e. The van der Waals surface area contributed by atoms with E-state index in [1.807, 2.05) is 56.3 Å². The molecule has 1 heterocycles. The lowest BCUT2D eigenvalue weighted by Gasteiger charge is -2.09. The number of hydrogen-bond acceptors (Lipinski definition) is 5. The van der Waals surface area contributed by atoms with Gasteiger partial charge in [-0.25, -0.2) is 9.97 Å². The van der Waals surface area contributed by atoms with Gasteiger partial charge in [-0.15, -0.1) is 0 Å². The van der Waals surface area contributed by atoms with Gasteiger partial charge in [0.15, 0.2) is 5.16 Å². The Morgan fingerprint density at radius 3 is 2.32 bits per heavy atom. The fraction of sp³-hybridized carbons (Fsp3) is 0.217. The number of halogens is 1. The van der Waals surface area contributed by atoms with Crippen LogP contribution in [0.5, 0.6) is 0 Å². The van der Waals surface area contributed by atoms with Crippen LogP contribution in [-0.2, 0) is 17.0 Å². The zero-order valence-electron chi connectivity index (χ0n) is 17.3. The summed E-state index contributed by atoms with van der Waals surface area (Å²) in [4.78, 5) is 33.2. The highest BCUT2D eigenvalue weighted by atomic mass is 79.9. The number of hydrogen-bond donors (Lipinski definition) is 2. The summed E-state index contributed by atoms with van der Waals surface area (Å²) in [6.45, 7) is 3.90. The molecule has 6 nitrogen and oxygen atoms in total. The summed E-state index contributed by atoms with van der Waals surface area (Å²) in [5.74, 6) is 0.105. The Kier molecular flexibility index (Phi) is 8.20. The predicted octanol–water partition coefficient (Wildman–Crippen LogP) is 4.54. The van der Waals surface area contributed by atoms with Crippen molar-refractivity contribution < 1.29 is 9.59 Å². The molecule has 2 amide bonds. The maximum Gasteiger partial charge on any atom is 0.269 e. The number of amides is 2. The quantitative estimate of drug-likeness (QED) is 0.283. The highest BCUT2D eigenvalue weighted by Gasteiger charge is 2.09. The van der Waals surface area contributed by atoms with Crippen molar-refractivity contribution in [1.29, 1.82) is 0 Å². The number of nitrogens with zero attached hydrogens (tertiary/aromatic N) is 2. The number of carbonyl (C=O) groups is 2. The van der Waals surface area contributed by atoms with E-state index < -0.39 is 0 Å². The van der Waals surface area contributed by atoms with Gasteiger partial charge in [0, 0.05) is 33.6 Å². The molecule has 0 bridgehead atoms. The summed E-state index contributed by atoms with van der Waals surface area (Å²) < 4.78 is 0.967. The first-order valence-electron chi connectivity index (χ1n) is 9.77. The Morgan fingerprint density at radius 2 is 1.65 bits per heavy atom. The first-order chi connectivity index (χ1) is 14.9. The van der Waals surface area contributed by atoms with Crippen LogP contribution < -0.4 is 10.9 Å². The SMILES string of the molecule is Cc1cc(C)nc(SCc2ccc(C(=O)NNC(=O)CCc3ccccc3Br)cc2)n1. The zero-order valence-corrected chi connectivity index (χ0v) is 19.7. The van der Waals surface area contributed by atoms with Crippen molar-refractivity contribution in [3.63, 3.8) is 0 Å². The van der Waals surface area contributed by atoms with Gasteiger partial charge in [0.1, 0.15) is 0 Å². The molecule has 0 saturated carbocycles. The molecule has 160 valence electrons. The molecule has 0 atom stereocenters. The number of benzene rings is 2. The second-order valence-electron chi connectivity index (χ2n) is 7.01. The lowest BCUT2D eigenvalue weighted by Crippen LogP contribution is -2.41. The van der Waals surface area contributed by atoms with Crippen LogP contribution in [0.2, 0.25) is 0 Å². The number of thioether (sulfide) groups is 1. The van der Waals surface area contributed by atoms with Crippen LogP contribution in [0.1, 0.15) is 39.3 Å². The van der Waals surface area contributed by atoms with E-state index in [1.54, 1.807) is 23.9 Å². The molecule has 0 aliphatic carbocycles. The molecule has 3 rings (SSSR count). The maximum atomic E-state index is 12.3. The summed E-state index contributed by atoms with van der Waals surface area (Å²) in [5.41, 5.74) is 9.40. The molecule has 0 aliphatic rings. The van der Waals surface area contributed by atoms with Gasteiger partial charge in [-0.3, -0.25) is 20.4 Å². The topological polar surface area (TPSA) is 84.0 Å². The lowest BCUT2D eigenvalue weighted by molar-refractivity contribution is -0.121. The molecule has 0 saturated heterocycles. The molecule has 0 unspecified atom stereocenters. The smallest absolute Gasteiger partial charge is 0.269 e. The molecule has 0 radical (unpaired) electrons. The predicted molar refractivity (Wildman–Crippen MR) is 126 cm³/mol. The summed E-state index contributed by atoms with van der Waals surface area (Å²) >= 11 is 5.02. The summed E-state index contributed by atoms with van der Waals surface area (Å²) in [5, 5.41) is 0.740. The van der Waals surface area contributed by atoms with Gasteiger partial charge < -0.3 is 0 Å². The van der Waals surface area contributed by atoms with E-state index in [2.05, 4.69) is 36.7 Å². The van der Waals surface area contributed by atoms with Crippen LogP contribution in [0.15, 0.2) is 64.2 Å². The van der Waals surface area contributed by atoms with Gasteiger partial charge in [-0.2, -0.15) is 0 Å².